The number of halogens is 4. The summed E-state index contributed by atoms with van der Waals surface area (Å²) in [6.45, 7) is 0. The van der Waals surface area contributed by atoms with Gasteiger partial charge in [-0.3, -0.25) is 0 Å². The lowest BCUT2D eigenvalue weighted by Crippen LogP contribution is -1.90. The molecule has 0 aromatic heterocycles. The molecule has 16 heavy (non-hydrogen) atoms. The van der Waals surface area contributed by atoms with Crippen molar-refractivity contribution in [3.8, 4) is 11.1 Å². The summed E-state index contributed by atoms with van der Waals surface area (Å²) < 4.78 is 28.0. The molecule has 0 spiro atoms. The molecule has 0 N–H and O–H groups in total. The highest BCUT2D eigenvalue weighted by molar-refractivity contribution is 14.1. The lowest BCUT2D eigenvalue weighted by Gasteiger charge is -2.06. The molecule has 0 amide bonds. The van der Waals surface area contributed by atoms with E-state index in [4.69, 9.17) is 11.6 Å². The maximum Gasteiger partial charge on any atom is 0.135 e. The van der Waals surface area contributed by atoms with Gasteiger partial charge in [-0.15, -0.1) is 0 Å². The third-order valence-electron chi connectivity index (χ3n) is 2.06. The fourth-order valence-electron chi connectivity index (χ4n) is 1.41. The van der Waals surface area contributed by atoms with Crippen molar-refractivity contribution in [2.45, 2.75) is 0 Å². The van der Waals surface area contributed by atoms with Crippen molar-refractivity contribution < 1.29 is 8.78 Å². The molecule has 0 aliphatic rings. The summed E-state index contributed by atoms with van der Waals surface area (Å²) in [5.41, 5.74) is 0.422. The molecule has 2 rings (SSSR count). The standard InChI is InChI=1S/C12H5ClF2I/c13-8-5-10(14)12(11(15)6-8)7-2-1-3-9(16)4-7/h1-2,4-6H. The topological polar surface area (TPSA) is 0 Å². The third-order valence-corrected chi connectivity index (χ3v) is 2.90. The Balaban J connectivity index is 2.64. The number of rotatable bonds is 1. The smallest absolute Gasteiger partial charge is 0.135 e. The van der Waals surface area contributed by atoms with Gasteiger partial charge in [-0.25, -0.2) is 8.78 Å². The molecular weight excluding hydrogens is 344 g/mol. The zero-order chi connectivity index (χ0) is 11.7. The second-order valence-electron chi connectivity index (χ2n) is 3.17. The number of hydrogen-bond donors (Lipinski definition) is 0. The minimum absolute atomic E-state index is 0.0518. The summed E-state index contributed by atoms with van der Waals surface area (Å²) in [4.78, 5) is 0. The van der Waals surface area contributed by atoms with Crippen LogP contribution in [-0.2, 0) is 0 Å². The Morgan fingerprint density at radius 3 is 2.31 bits per heavy atom. The fraction of sp³-hybridized carbons (Fsp3) is 0. The molecule has 0 bridgehead atoms. The molecule has 0 unspecified atom stereocenters. The highest BCUT2D eigenvalue weighted by Crippen LogP contribution is 2.29. The van der Waals surface area contributed by atoms with Crippen molar-refractivity contribution in [1.29, 1.82) is 0 Å². The van der Waals surface area contributed by atoms with Crippen molar-refractivity contribution in [3.05, 3.63) is 56.6 Å². The van der Waals surface area contributed by atoms with Gasteiger partial charge < -0.3 is 0 Å². The molecule has 0 saturated carbocycles. The first-order chi connectivity index (χ1) is 7.58. The van der Waals surface area contributed by atoms with Crippen LogP contribution in [0.25, 0.3) is 11.1 Å². The minimum atomic E-state index is -0.660. The Labute approximate surface area is 110 Å². The molecule has 0 heterocycles. The van der Waals surface area contributed by atoms with E-state index in [1.165, 1.54) is 0 Å². The van der Waals surface area contributed by atoms with Gasteiger partial charge >= 0.3 is 0 Å². The molecule has 0 nitrogen and oxygen atoms in total. The van der Waals surface area contributed by atoms with E-state index in [0.717, 1.165) is 15.7 Å². The van der Waals surface area contributed by atoms with Crippen molar-refractivity contribution in [2.24, 2.45) is 0 Å². The Kier molecular flexibility index (Phi) is 3.44. The van der Waals surface area contributed by atoms with E-state index in [9.17, 15) is 8.78 Å². The summed E-state index contributed by atoms with van der Waals surface area (Å²) in [5, 5.41) is 0.0518. The monoisotopic (exact) mass is 349 g/mol. The Bertz CT molecular complexity index is 517. The summed E-state index contributed by atoms with van der Waals surface area (Å²) in [6, 6.07) is 10.0. The van der Waals surface area contributed by atoms with Gasteiger partial charge in [0, 0.05) is 8.59 Å². The maximum absolute atomic E-state index is 13.6. The van der Waals surface area contributed by atoms with E-state index in [1.54, 1.807) is 18.2 Å². The normalized spacial score (nSPS) is 10.5. The third kappa shape index (κ3) is 2.35. The molecule has 1 radical (unpaired) electrons. The molecule has 0 atom stereocenters. The molecule has 0 aliphatic carbocycles. The van der Waals surface area contributed by atoms with Gasteiger partial charge in [0.15, 0.2) is 0 Å². The average molecular weight is 350 g/mol. The van der Waals surface area contributed by atoms with Gasteiger partial charge in [0.25, 0.3) is 0 Å². The fourth-order valence-corrected chi connectivity index (χ4v) is 2.12. The van der Waals surface area contributed by atoms with E-state index in [1.807, 2.05) is 22.6 Å². The van der Waals surface area contributed by atoms with Crippen molar-refractivity contribution in [3.63, 3.8) is 0 Å². The van der Waals surface area contributed by atoms with Crippen LogP contribution in [-0.4, -0.2) is 0 Å². The SMILES string of the molecule is Fc1cc(Cl)cc(F)c1-c1cc[c]c(I)c1. The van der Waals surface area contributed by atoms with E-state index in [-0.39, 0.29) is 10.6 Å². The summed E-state index contributed by atoms with van der Waals surface area (Å²) in [7, 11) is 0. The van der Waals surface area contributed by atoms with Gasteiger partial charge in [0.2, 0.25) is 0 Å². The van der Waals surface area contributed by atoms with Crippen LogP contribution in [0.4, 0.5) is 8.78 Å². The summed E-state index contributed by atoms with van der Waals surface area (Å²) in [5.74, 6) is -1.32. The minimum Gasteiger partial charge on any atom is -0.206 e. The molecule has 0 aliphatic heterocycles. The van der Waals surface area contributed by atoms with Gasteiger partial charge in [-0.2, -0.15) is 0 Å². The first-order valence-electron chi connectivity index (χ1n) is 4.40. The molecule has 4 heteroatoms. The van der Waals surface area contributed by atoms with Crippen molar-refractivity contribution >= 4 is 34.2 Å². The van der Waals surface area contributed by atoms with Crippen LogP contribution in [0.1, 0.15) is 0 Å². The van der Waals surface area contributed by atoms with E-state index in [0.29, 0.717) is 5.56 Å². The van der Waals surface area contributed by atoms with E-state index >= 15 is 0 Å². The van der Waals surface area contributed by atoms with Gasteiger partial charge in [-0.05, 0) is 52.4 Å². The molecule has 0 saturated heterocycles. The predicted molar refractivity (Wildman–Crippen MR) is 68.4 cm³/mol. The summed E-state index contributed by atoms with van der Waals surface area (Å²) in [6.07, 6.45) is 0. The molecule has 2 aromatic rings. The molecule has 2 aromatic carbocycles. The maximum atomic E-state index is 13.6. The zero-order valence-electron chi connectivity index (χ0n) is 7.90. The second-order valence-corrected chi connectivity index (χ2v) is 4.77. The first kappa shape index (κ1) is 11.8. The molecule has 81 valence electrons. The number of benzene rings is 2. The Morgan fingerprint density at radius 1 is 1.12 bits per heavy atom. The zero-order valence-corrected chi connectivity index (χ0v) is 10.8. The number of hydrogen-bond acceptors (Lipinski definition) is 0. The highest BCUT2D eigenvalue weighted by Gasteiger charge is 2.12. The van der Waals surface area contributed by atoms with Crippen LogP contribution in [0.15, 0.2) is 30.3 Å². The van der Waals surface area contributed by atoms with Crippen LogP contribution in [0.3, 0.4) is 0 Å². The van der Waals surface area contributed by atoms with Gasteiger partial charge in [0.1, 0.15) is 11.6 Å². The van der Waals surface area contributed by atoms with Crippen LogP contribution in [0.5, 0.6) is 0 Å². The predicted octanol–water partition coefficient (Wildman–Crippen LogP) is 4.69. The van der Waals surface area contributed by atoms with Crippen molar-refractivity contribution in [2.75, 3.05) is 0 Å². The average Bonchev–Trinajstić information content (AvgIpc) is 2.15. The second kappa shape index (κ2) is 4.67. The van der Waals surface area contributed by atoms with Crippen LogP contribution >= 0.6 is 34.2 Å². The first-order valence-corrected chi connectivity index (χ1v) is 5.86. The Morgan fingerprint density at radius 2 is 1.75 bits per heavy atom. The van der Waals surface area contributed by atoms with Gasteiger partial charge in [-0.1, -0.05) is 23.7 Å². The molecule has 0 fully saturated rings. The lowest BCUT2D eigenvalue weighted by molar-refractivity contribution is 0.590. The molecular formula is C12H5ClF2I. The Hall–Kier alpha value is -0.680. The van der Waals surface area contributed by atoms with Crippen molar-refractivity contribution in [1.82, 2.24) is 0 Å². The largest absolute Gasteiger partial charge is 0.206 e. The highest BCUT2D eigenvalue weighted by atomic mass is 127. The summed E-state index contributed by atoms with van der Waals surface area (Å²) >= 11 is 7.59. The van der Waals surface area contributed by atoms with Gasteiger partial charge in [0.05, 0.1) is 5.56 Å². The van der Waals surface area contributed by atoms with Crippen LogP contribution in [0.2, 0.25) is 5.02 Å². The van der Waals surface area contributed by atoms with E-state index in [2.05, 4.69) is 6.07 Å². The van der Waals surface area contributed by atoms with Crippen LogP contribution in [0, 0.1) is 21.3 Å². The van der Waals surface area contributed by atoms with E-state index < -0.39 is 11.6 Å². The van der Waals surface area contributed by atoms with Crippen LogP contribution < -0.4 is 0 Å². The quantitative estimate of drug-likeness (QED) is 0.655. The lowest BCUT2D eigenvalue weighted by atomic mass is 10.0.